The Bertz CT molecular complexity index is 1030. The summed E-state index contributed by atoms with van der Waals surface area (Å²) in [5.74, 6) is 0.559. The summed E-state index contributed by atoms with van der Waals surface area (Å²) >= 11 is 7.43. The Kier molecular flexibility index (Phi) is 7.56. The molecule has 3 rings (SSSR count). The summed E-state index contributed by atoms with van der Waals surface area (Å²) in [6.07, 6.45) is 4.42. The Morgan fingerprint density at radius 3 is 2.73 bits per heavy atom. The molecule has 1 aromatic carbocycles. The molecule has 1 amide bonds. The number of amides is 1. The molecule has 2 aromatic rings. The molecule has 30 heavy (non-hydrogen) atoms. The van der Waals surface area contributed by atoms with Crippen molar-refractivity contribution in [1.29, 1.82) is 0 Å². The molecule has 0 bridgehead atoms. The van der Waals surface area contributed by atoms with Crippen LogP contribution in [0.5, 0.6) is 0 Å². The van der Waals surface area contributed by atoms with E-state index in [1.807, 2.05) is 11.5 Å². The van der Waals surface area contributed by atoms with Gasteiger partial charge in [-0.1, -0.05) is 35.9 Å². The topological polar surface area (TPSA) is 97.2 Å². The molecule has 0 atom stereocenters. The number of nitrogens with one attached hydrogen (secondary N) is 1. The third-order valence-electron chi connectivity index (χ3n) is 4.69. The quantitative estimate of drug-likeness (QED) is 0.470. The molecule has 162 valence electrons. The van der Waals surface area contributed by atoms with Crippen molar-refractivity contribution in [2.24, 2.45) is 0 Å². The van der Waals surface area contributed by atoms with Crippen LogP contribution in [-0.2, 0) is 21.4 Å². The summed E-state index contributed by atoms with van der Waals surface area (Å²) in [6.45, 7) is 7.06. The molecule has 11 heteroatoms. The third-order valence-corrected chi connectivity index (χ3v) is 8.04. The highest BCUT2D eigenvalue weighted by atomic mass is 35.5. The molecule has 1 fully saturated rings. The van der Waals surface area contributed by atoms with Gasteiger partial charge in [0.1, 0.15) is 10.7 Å². The fourth-order valence-corrected chi connectivity index (χ4v) is 5.97. The van der Waals surface area contributed by atoms with Crippen molar-refractivity contribution in [2.75, 3.05) is 24.2 Å². The second-order valence-electron chi connectivity index (χ2n) is 6.88. The number of aromatic nitrogens is 3. The minimum atomic E-state index is -3.70. The largest absolute Gasteiger partial charge is 0.325 e. The Hall–Kier alpha value is -1.88. The number of carbonyl (C=O) groups is 1. The number of piperidine rings is 1. The summed E-state index contributed by atoms with van der Waals surface area (Å²) in [5.41, 5.74) is 0.379. The van der Waals surface area contributed by atoms with E-state index in [1.54, 1.807) is 12.1 Å². The Morgan fingerprint density at radius 2 is 2.03 bits per heavy atom. The number of nitrogens with zero attached hydrogens (tertiary/aromatic N) is 4. The van der Waals surface area contributed by atoms with Gasteiger partial charge in [-0.25, -0.2) is 8.42 Å². The lowest BCUT2D eigenvalue weighted by Crippen LogP contribution is -2.35. The summed E-state index contributed by atoms with van der Waals surface area (Å²) in [4.78, 5) is 12.4. The van der Waals surface area contributed by atoms with Gasteiger partial charge in [0.05, 0.1) is 10.8 Å². The lowest BCUT2D eigenvalue weighted by atomic mass is 10.2. The van der Waals surface area contributed by atoms with Gasteiger partial charge < -0.3 is 9.88 Å². The molecule has 0 radical (unpaired) electrons. The molecular formula is C19H24ClN5O3S2. The maximum Gasteiger partial charge on any atom is 0.244 e. The van der Waals surface area contributed by atoms with E-state index in [2.05, 4.69) is 22.1 Å². The van der Waals surface area contributed by atoms with Crippen molar-refractivity contribution in [1.82, 2.24) is 19.1 Å². The first-order valence-electron chi connectivity index (χ1n) is 9.56. The number of benzene rings is 1. The fraction of sp³-hybridized carbons (Fsp3) is 0.421. The Balaban J connectivity index is 1.69. The van der Waals surface area contributed by atoms with Gasteiger partial charge in [-0.2, -0.15) is 4.31 Å². The van der Waals surface area contributed by atoms with Crippen molar-refractivity contribution >= 4 is 45.0 Å². The van der Waals surface area contributed by atoms with E-state index in [-0.39, 0.29) is 21.6 Å². The van der Waals surface area contributed by atoms with Gasteiger partial charge in [0, 0.05) is 25.3 Å². The molecule has 1 aromatic heterocycles. The van der Waals surface area contributed by atoms with Gasteiger partial charge in [0.15, 0.2) is 5.16 Å². The number of anilines is 1. The first-order valence-corrected chi connectivity index (χ1v) is 12.4. The molecule has 1 N–H and O–H groups in total. The van der Waals surface area contributed by atoms with Gasteiger partial charge in [-0.15, -0.1) is 16.8 Å². The smallest absolute Gasteiger partial charge is 0.244 e. The van der Waals surface area contributed by atoms with Crippen LogP contribution in [0.1, 0.15) is 25.1 Å². The maximum atomic E-state index is 13.0. The average molecular weight is 470 g/mol. The van der Waals surface area contributed by atoms with Gasteiger partial charge in [-0.05, 0) is 38.0 Å². The summed E-state index contributed by atoms with van der Waals surface area (Å²) in [7, 11) is -3.70. The van der Waals surface area contributed by atoms with Crippen molar-refractivity contribution < 1.29 is 13.2 Å². The highest BCUT2D eigenvalue weighted by Crippen LogP contribution is 2.29. The molecule has 1 aliphatic heterocycles. The monoisotopic (exact) mass is 469 g/mol. The SMILES string of the molecule is C=CCn1c(C)nnc1SCC(=O)Nc1ccc(Cl)c(S(=O)(=O)N2CCCCC2)c1. The zero-order valence-electron chi connectivity index (χ0n) is 16.7. The van der Waals surface area contributed by atoms with Crippen LogP contribution in [0.2, 0.25) is 5.02 Å². The van der Waals surface area contributed by atoms with Crippen molar-refractivity contribution in [3.63, 3.8) is 0 Å². The number of thioether (sulfide) groups is 1. The number of hydrogen-bond donors (Lipinski definition) is 1. The van der Waals surface area contributed by atoms with E-state index in [9.17, 15) is 13.2 Å². The minimum absolute atomic E-state index is 0.0119. The van der Waals surface area contributed by atoms with Crippen LogP contribution < -0.4 is 5.32 Å². The Labute approximate surface area is 185 Å². The van der Waals surface area contributed by atoms with Crippen LogP contribution in [0, 0.1) is 6.92 Å². The molecule has 8 nitrogen and oxygen atoms in total. The van der Waals surface area contributed by atoms with Crippen molar-refractivity contribution in [2.45, 2.75) is 42.8 Å². The molecule has 1 aliphatic rings. The first kappa shape index (κ1) is 22.8. The van der Waals surface area contributed by atoms with E-state index in [0.29, 0.717) is 30.5 Å². The van der Waals surface area contributed by atoms with Crippen LogP contribution in [0.4, 0.5) is 5.69 Å². The predicted octanol–water partition coefficient (Wildman–Crippen LogP) is 3.33. The van der Waals surface area contributed by atoms with E-state index < -0.39 is 10.0 Å². The Morgan fingerprint density at radius 1 is 1.30 bits per heavy atom. The van der Waals surface area contributed by atoms with Crippen LogP contribution in [0.15, 0.2) is 40.9 Å². The van der Waals surface area contributed by atoms with Crippen LogP contribution >= 0.6 is 23.4 Å². The van der Waals surface area contributed by atoms with E-state index in [0.717, 1.165) is 25.1 Å². The number of hydrogen-bond acceptors (Lipinski definition) is 6. The fourth-order valence-electron chi connectivity index (χ4n) is 3.16. The molecule has 0 spiro atoms. The lowest BCUT2D eigenvalue weighted by molar-refractivity contribution is -0.113. The number of halogens is 1. The van der Waals surface area contributed by atoms with Crippen LogP contribution in [0.3, 0.4) is 0 Å². The second kappa shape index (κ2) is 9.95. The highest BCUT2D eigenvalue weighted by Gasteiger charge is 2.28. The van der Waals surface area contributed by atoms with Crippen molar-refractivity contribution in [3.8, 4) is 0 Å². The van der Waals surface area contributed by atoms with Gasteiger partial charge in [-0.3, -0.25) is 4.79 Å². The van der Waals surface area contributed by atoms with Crippen LogP contribution in [-0.4, -0.2) is 52.2 Å². The third kappa shape index (κ3) is 5.23. The van der Waals surface area contributed by atoms with E-state index in [4.69, 9.17) is 11.6 Å². The minimum Gasteiger partial charge on any atom is -0.325 e. The number of sulfonamides is 1. The molecular weight excluding hydrogens is 446 g/mol. The van der Waals surface area contributed by atoms with Crippen molar-refractivity contribution in [3.05, 3.63) is 41.7 Å². The number of allylic oxidation sites excluding steroid dienone is 1. The maximum absolute atomic E-state index is 13.0. The lowest BCUT2D eigenvalue weighted by Gasteiger charge is -2.26. The average Bonchev–Trinajstić information content (AvgIpc) is 3.08. The summed E-state index contributed by atoms with van der Waals surface area (Å²) in [6, 6.07) is 4.49. The molecule has 0 aliphatic carbocycles. The number of carbonyl (C=O) groups excluding carboxylic acids is 1. The first-order chi connectivity index (χ1) is 14.3. The van der Waals surface area contributed by atoms with Gasteiger partial charge in [0.25, 0.3) is 0 Å². The number of aryl methyl sites for hydroxylation is 1. The summed E-state index contributed by atoms with van der Waals surface area (Å²) < 4.78 is 29.2. The molecule has 0 saturated carbocycles. The van der Waals surface area contributed by atoms with E-state index in [1.165, 1.54) is 28.2 Å². The molecule has 1 saturated heterocycles. The highest BCUT2D eigenvalue weighted by molar-refractivity contribution is 7.99. The standard InChI is InChI=1S/C19H24ClN5O3S2/c1-3-9-25-14(2)22-23-19(25)29-13-18(26)21-15-7-8-16(20)17(12-15)30(27,28)24-10-5-4-6-11-24/h3,7-8,12H,1,4-6,9-11,13H2,2H3,(H,21,26). The zero-order valence-corrected chi connectivity index (χ0v) is 19.1. The van der Waals surface area contributed by atoms with Gasteiger partial charge >= 0.3 is 0 Å². The molecule has 2 heterocycles. The normalized spacial score (nSPS) is 15.1. The summed E-state index contributed by atoms with van der Waals surface area (Å²) in [5, 5.41) is 11.6. The van der Waals surface area contributed by atoms with Crippen LogP contribution in [0.25, 0.3) is 0 Å². The second-order valence-corrected chi connectivity index (χ2v) is 10.1. The van der Waals surface area contributed by atoms with Gasteiger partial charge in [0.2, 0.25) is 15.9 Å². The molecule has 0 unspecified atom stereocenters. The predicted molar refractivity (Wildman–Crippen MR) is 118 cm³/mol. The zero-order chi connectivity index (χ0) is 21.7. The number of rotatable bonds is 8. The van der Waals surface area contributed by atoms with E-state index >= 15 is 0 Å².